The molecular weight excluding hydrogens is 196 g/mol. The summed E-state index contributed by atoms with van der Waals surface area (Å²) in [4.78, 5) is 2.46. The number of likely N-dealkylation sites (N-methyl/N-ethyl adjacent to an activating group) is 1. The van der Waals surface area contributed by atoms with E-state index in [0.29, 0.717) is 0 Å². The fraction of sp³-hybridized carbons (Fsp3) is 0.571. The van der Waals surface area contributed by atoms with Gasteiger partial charge in [0, 0.05) is 18.8 Å². The molecule has 86 valence electrons. The van der Waals surface area contributed by atoms with Crippen molar-refractivity contribution in [2.45, 2.75) is 25.7 Å². The lowest BCUT2D eigenvalue weighted by Gasteiger charge is -2.16. The second-order valence-corrected chi connectivity index (χ2v) is 5.06. The molecule has 16 heavy (non-hydrogen) atoms. The summed E-state index contributed by atoms with van der Waals surface area (Å²) in [5.41, 5.74) is 10.2. The minimum Gasteiger partial charge on any atom is -0.371 e. The number of hydrogen-bond donors (Lipinski definition) is 1. The van der Waals surface area contributed by atoms with Gasteiger partial charge in [0.1, 0.15) is 0 Å². The Morgan fingerprint density at radius 3 is 3.00 bits per heavy atom. The van der Waals surface area contributed by atoms with E-state index >= 15 is 0 Å². The third-order valence-electron chi connectivity index (χ3n) is 4.13. The molecule has 3 rings (SSSR count). The number of hydrogen-bond acceptors (Lipinski definition) is 2. The van der Waals surface area contributed by atoms with Crippen molar-refractivity contribution in [3.05, 3.63) is 29.3 Å². The van der Waals surface area contributed by atoms with Gasteiger partial charge in [-0.15, -0.1) is 0 Å². The first-order valence-corrected chi connectivity index (χ1v) is 6.41. The molecule has 1 fully saturated rings. The second kappa shape index (κ2) is 3.77. The van der Waals surface area contributed by atoms with E-state index in [2.05, 4.69) is 30.0 Å². The second-order valence-electron chi connectivity index (χ2n) is 5.06. The van der Waals surface area contributed by atoms with E-state index < -0.39 is 0 Å². The first kappa shape index (κ1) is 10.2. The maximum absolute atomic E-state index is 5.71. The van der Waals surface area contributed by atoms with Gasteiger partial charge in [-0.2, -0.15) is 0 Å². The standard InChI is InChI=1S/C14H20N2/c1-2-16-6-5-11-7-10(3-4-14(11)16)13-8-12(13)9-15/h3-4,7,12-13H,2,5-6,8-9,15H2,1H3/t12-,13-/m0/s1. The third kappa shape index (κ3) is 1.52. The van der Waals surface area contributed by atoms with E-state index in [0.717, 1.165) is 24.9 Å². The number of rotatable bonds is 3. The third-order valence-corrected chi connectivity index (χ3v) is 4.13. The van der Waals surface area contributed by atoms with E-state index in [1.807, 2.05) is 0 Å². The van der Waals surface area contributed by atoms with Gasteiger partial charge >= 0.3 is 0 Å². The Hall–Kier alpha value is -1.02. The molecule has 2 atom stereocenters. The largest absolute Gasteiger partial charge is 0.371 e. The summed E-state index contributed by atoms with van der Waals surface area (Å²) in [5, 5.41) is 0. The molecule has 1 aliphatic heterocycles. The molecule has 2 nitrogen and oxygen atoms in total. The molecule has 2 aliphatic rings. The number of nitrogens with two attached hydrogens (primary N) is 1. The number of fused-ring (bicyclic) bond motifs is 1. The molecule has 0 aromatic heterocycles. The highest BCUT2D eigenvalue weighted by Crippen LogP contribution is 2.47. The van der Waals surface area contributed by atoms with E-state index in [-0.39, 0.29) is 0 Å². The van der Waals surface area contributed by atoms with Gasteiger partial charge in [-0.1, -0.05) is 12.1 Å². The van der Waals surface area contributed by atoms with Crippen molar-refractivity contribution in [2.24, 2.45) is 11.7 Å². The molecule has 2 heteroatoms. The van der Waals surface area contributed by atoms with Crippen LogP contribution in [0.2, 0.25) is 0 Å². The zero-order valence-corrected chi connectivity index (χ0v) is 9.95. The van der Waals surface area contributed by atoms with Crippen molar-refractivity contribution in [3.63, 3.8) is 0 Å². The molecule has 0 amide bonds. The predicted molar refractivity (Wildman–Crippen MR) is 67.9 cm³/mol. The summed E-state index contributed by atoms with van der Waals surface area (Å²) in [6, 6.07) is 7.05. The van der Waals surface area contributed by atoms with Gasteiger partial charge in [-0.3, -0.25) is 0 Å². The van der Waals surface area contributed by atoms with Gasteiger partial charge in [-0.25, -0.2) is 0 Å². The molecule has 0 radical (unpaired) electrons. The highest BCUT2D eigenvalue weighted by molar-refractivity contribution is 5.59. The van der Waals surface area contributed by atoms with E-state index in [1.165, 1.54) is 30.6 Å². The van der Waals surface area contributed by atoms with Crippen LogP contribution < -0.4 is 10.6 Å². The van der Waals surface area contributed by atoms with Gasteiger partial charge in [0.2, 0.25) is 0 Å². The first-order chi connectivity index (χ1) is 7.83. The molecule has 0 unspecified atom stereocenters. The highest BCUT2D eigenvalue weighted by Gasteiger charge is 2.37. The van der Waals surface area contributed by atoms with Crippen molar-refractivity contribution in [1.29, 1.82) is 0 Å². The number of nitrogens with zero attached hydrogens (tertiary/aromatic N) is 1. The van der Waals surface area contributed by atoms with Crippen LogP contribution in [-0.4, -0.2) is 19.6 Å². The minimum absolute atomic E-state index is 0.752. The predicted octanol–water partition coefficient (Wildman–Crippen LogP) is 2.13. The highest BCUT2D eigenvalue weighted by atomic mass is 15.1. The van der Waals surface area contributed by atoms with Crippen molar-refractivity contribution >= 4 is 5.69 Å². The van der Waals surface area contributed by atoms with E-state index in [1.54, 1.807) is 5.56 Å². The molecule has 1 aromatic rings. The Morgan fingerprint density at radius 2 is 2.31 bits per heavy atom. The average molecular weight is 216 g/mol. The van der Waals surface area contributed by atoms with Gasteiger partial charge in [0.05, 0.1) is 0 Å². The Bertz CT molecular complexity index is 400. The smallest absolute Gasteiger partial charge is 0.0399 e. The van der Waals surface area contributed by atoms with Crippen LogP contribution in [0.5, 0.6) is 0 Å². The summed E-state index contributed by atoms with van der Waals surface area (Å²) in [5.74, 6) is 1.51. The monoisotopic (exact) mass is 216 g/mol. The van der Waals surface area contributed by atoms with Gasteiger partial charge < -0.3 is 10.6 Å². The van der Waals surface area contributed by atoms with E-state index in [4.69, 9.17) is 5.73 Å². The molecule has 1 saturated carbocycles. The lowest BCUT2D eigenvalue weighted by Crippen LogP contribution is -2.18. The van der Waals surface area contributed by atoms with Crippen molar-refractivity contribution < 1.29 is 0 Å². The average Bonchev–Trinajstić information content (AvgIpc) is 3.01. The van der Waals surface area contributed by atoms with Gasteiger partial charge in [0.15, 0.2) is 0 Å². The summed E-state index contributed by atoms with van der Waals surface area (Å²) in [6.07, 6.45) is 2.52. The number of benzene rings is 1. The molecule has 0 spiro atoms. The molecule has 2 N–H and O–H groups in total. The lowest BCUT2D eigenvalue weighted by atomic mass is 10.0. The van der Waals surface area contributed by atoms with Crippen LogP contribution in [-0.2, 0) is 6.42 Å². The van der Waals surface area contributed by atoms with Gasteiger partial charge in [-0.05, 0) is 55.3 Å². The fourth-order valence-corrected chi connectivity index (χ4v) is 2.97. The van der Waals surface area contributed by atoms with Crippen LogP contribution in [0.25, 0.3) is 0 Å². The van der Waals surface area contributed by atoms with Crippen LogP contribution in [0.3, 0.4) is 0 Å². The lowest BCUT2D eigenvalue weighted by molar-refractivity contribution is 0.809. The normalized spacial score (nSPS) is 27.0. The molecular formula is C14H20N2. The zero-order valence-electron chi connectivity index (χ0n) is 9.95. The van der Waals surface area contributed by atoms with Crippen LogP contribution in [0, 0.1) is 5.92 Å². The maximum atomic E-state index is 5.71. The Balaban J connectivity index is 1.85. The molecule has 1 aromatic carbocycles. The zero-order chi connectivity index (χ0) is 11.1. The van der Waals surface area contributed by atoms with Crippen molar-refractivity contribution in [3.8, 4) is 0 Å². The Kier molecular flexibility index (Phi) is 2.40. The summed E-state index contributed by atoms with van der Waals surface area (Å²) < 4.78 is 0. The van der Waals surface area contributed by atoms with Crippen molar-refractivity contribution in [2.75, 3.05) is 24.5 Å². The fourth-order valence-electron chi connectivity index (χ4n) is 2.97. The summed E-state index contributed by atoms with van der Waals surface area (Å²) in [7, 11) is 0. The van der Waals surface area contributed by atoms with E-state index in [9.17, 15) is 0 Å². The topological polar surface area (TPSA) is 29.3 Å². The molecule has 1 aliphatic carbocycles. The van der Waals surface area contributed by atoms with Crippen molar-refractivity contribution in [1.82, 2.24) is 0 Å². The molecule has 1 heterocycles. The van der Waals surface area contributed by atoms with Crippen LogP contribution in [0.4, 0.5) is 5.69 Å². The Morgan fingerprint density at radius 1 is 1.44 bits per heavy atom. The van der Waals surface area contributed by atoms with Crippen LogP contribution in [0.1, 0.15) is 30.4 Å². The summed E-state index contributed by atoms with van der Waals surface area (Å²) in [6.45, 7) is 5.40. The van der Waals surface area contributed by atoms with Crippen LogP contribution >= 0.6 is 0 Å². The Labute approximate surface area is 97.4 Å². The SMILES string of the molecule is CCN1CCc2cc([C@@H]3C[C@H]3CN)ccc21. The summed E-state index contributed by atoms with van der Waals surface area (Å²) >= 11 is 0. The van der Waals surface area contributed by atoms with Gasteiger partial charge in [0.25, 0.3) is 0 Å². The quantitative estimate of drug-likeness (QED) is 0.838. The minimum atomic E-state index is 0.752. The first-order valence-electron chi connectivity index (χ1n) is 6.41. The number of anilines is 1. The maximum Gasteiger partial charge on any atom is 0.0399 e. The molecule has 0 saturated heterocycles. The molecule has 0 bridgehead atoms. The van der Waals surface area contributed by atoms with Crippen LogP contribution in [0.15, 0.2) is 18.2 Å².